The summed E-state index contributed by atoms with van der Waals surface area (Å²) in [6.07, 6.45) is 66.5. The standard InChI is InChI=1S/C56H90O6/c1-4-7-10-13-16-19-22-25-27-28-29-32-34-37-40-43-46-49-55(58)61-52-53(51-60-54(57)48-45-42-39-36-33-30-24-21-18-15-12-9-6-3)62-56(59)50-47-44-41-38-35-31-26-23-20-17-14-11-8-5-2/h9,12,15-16,18-19,21,24-25,27,29-30,32-33,36-37,39-40,53H,4-8,10-11,13-14,17,20,22-23,26,28,31,34-35,38,41-52H2,1-3H3/b12-9-,18-15-,19-16-,24-21-,27-25-,32-29-,33-30-,39-36-,40-37-. The van der Waals surface area contributed by atoms with Crippen LogP contribution in [0.5, 0.6) is 0 Å². The lowest BCUT2D eigenvalue weighted by Gasteiger charge is -2.18. The van der Waals surface area contributed by atoms with E-state index >= 15 is 0 Å². The third kappa shape index (κ3) is 47.1. The van der Waals surface area contributed by atoms with E-state index in [1.54, 1.807) is 0 Å². The molecule has 350 valence electrons. The minimum Gasteiger partial charge on any atom is -0.462 e. The van der Waals surface area contributed by atoms with E-state index in [1.165, 1.54) is 96.3 Å². The Morgan fingerprint density at radius 1 is 0.355 bits per heavy atom. The lowest BCUT2D eigenvalue weighted by molar-refractivity contribution is -0.167. The van der Waals surface area contributed by atoms with E-state index in [0.717, 1.165) is 57.8 Å². The van der Waals surface area contributed by atoms with E-state index in [9.17, 15) is 14.4 Å². The maximum absolute atomic E-state index is 12.8. The van der Waals surface area contributed by atoms with Gasteiger partial charge in [-0.05, 0) is 70.6 Å². The number of rotatable bonds is 43. The van der Waals surface area contributed by atoms with Crippen molar-refractivity contribution in [3.05, 3.63) is 109 Å². The van der Waals surface area contributed by atoms with Gasteiger partial charge in [-0.2, -0.15) is 0 Å². The van der Waals surface area contributed by atoms with Crippen LogP contribution in [-0.2, 0) is 28.6 Å². The molecule has 62 heavy (non-hydrogen) atoms. The second kappa shape index (κ2) is 49.7. The minimum absolute atomic E-state index is 0.129. The molecule has 0 aromatic rings. The molecular formula is C56H90O6. The summed E-state index contributed by atoms with van der Waals surface area (Å²) < 4.78 is 16.7. The first-order chi connectivity index (χ1) is 30.5. The van der Waals surface area contributed by atoms with E-state index in [0.29, 0.717) is 19.3 Å². The van der Waals surface area contributed by atoms with Crippen LogP contribution in [0.25, 0.3) is 0 Å². The van der Waals surface area contributed by atoms with Crippen LogP contribution in [-0.4, -0.2) is 37.2 Å². The van der Waals surface area contributed by atoms with Crippen molar-refractivity contribution < 1.29 is 28.6 Å². The first-order valence-electron chi connectivity index (χ1n) is 25.0. The number of carbonyl (C=O) groups is 3. The van der Waals surface area contributed by atoms with Gasteiger partial charge in [0, 0.05) is 19.3 Å². The first kappa shape index (κ1) is 58.1. The first-order valence-corrected chi connectivity index (χ1v) is 25.0. The van der Waals surface area contributed by atoms with Gasteiger partial charge in [-0.25, -0.2) is 0 Å². The molecule has 0 aromatic heterocycles. The Morgan fingerprint density at radius 3 is 1.18 bits per heavy atom. The third-order valence-electron chi connectivity index (χ3n) is 10.1. The van der Waals surface area contributed by atoms with E-state index in [1.807, 2.05) is 54.7 Å². The summed E-state index contributed by atoms with van der Waals surface area (Å²) >= 11 is 0. The van der Waals surface area contributed by atoms with Gasteiger partial charge >= 0.3 is 17.9 Å². The summed E-state index contributed by atoms with van der Waals surface area (Å²) in [5.74, 6) is -1.06. The van der Waals surface area contributed by atoms with Crippen LogP contribution in [0.1, 0.15) is 207 Å². The van der Waals surface area contributed by atoms with E-state index in [-0.39, 0.29) is 44.0 Å². The molecule has 0 fully saturated rings. The summed E-state index contributed by atoms with van der Waals surface area (Å²) in [6.45, 7) is 6.34. The van der Waals surface area contributed by atoms with Gasteiger partial charge in [0.25, 0.3) is 0 Å². The number of unbranched alkanes of at least 4 members (excludes halogenated alkanes) is 18. The van der Waals surface area contributed by atoms with Gasteiger partial charge in [0.1, 0.15) is 13.2 Å². The number of hydrogen-bond acceptors (Lipinski definition) is 6. The van der Waals surface area contributed by atoms with Gasteiger partial charge in [-0.3, -0.25) is 14.4 Å². The van der Waals surface area contributed by atoms with Crippen LogP contribution in [0.3, 0.4) is 0 Å². The van der Waals surface area contributed by atoms with Crippen LogP contribution in [0, 0.1) is 0 Å². The highest BCUT2D eigenvalue weighted by Crippen LogP contribution is 2.14. The van der Waals surface area contributed by atoms with Crippen molar-refractivity contribution in [2.24, 2.45) is 0 Å². The topological polar surface area (TPSA) is 78.9 Å². The molecule has 0 bridgehead atoms. The monoisotopic (exact) mass is 859 g/mol. The Hall–Kier alpha value is -3.93. The van der Waals surface area contributed by atoms with Crippen LogP contribution in [0.2, 0.25) is 0 Å². The Labute approximate surface area is 380 Å². The molecule has 0 saturated heterocycles. The van der Waals surface area contributed by atoms with Crippen molar-refractivity contribution in [3.63, 3.8) is 0 Å². The Balaban J connectivity index is 4.57. The molecule has 0 aliphatic carbocycles. The molecule has 0 saturated carbocycles. The predicted octanol–water partition coefficient (Wildman–Crippen LogP) is 16.4. The number of ether oxygens (including phenoxy) is 3. The fraction of sp³-hybridized carbons (Fsp3) is 0.625. The zero-order valence-electron chi connectivity index (χ0n) is 39.8. The molecule has 0 amide bonds. The molecular weight excluding hydrogens is 769 g/mol. The van der Waals surface area contributed by atoms with Gasteiger partial charge in [-0.1, -0.05) is 226 Å². The van der Waals surface area contributed by atoms with E-state index in [2.05, 4.69) is 75.5 Å². The van der Waals surface area contributed by atoms with Gasteiger partial charge in [0.05, 0.1) is 0 Å². The van der Waals surface area contributed by atoms with Gasteiger partial charge in [-0.15, -0.1) is 0 Å². The quantitative estimate of drug-likeness (QED) is 0.0200. The maximum atomic E-state index is 12.8. The fourth-order valence-corrected chi connectivity index (χ4v) is 6.40. The highest BCUT2D eigenvalue weighted by atomic mass is 16.6. The highest BCUT2D eigenvalue weighted by molar-refractivity contribution is 5.71. The Kier molecular flexibility index (Phi) is 46.6. The molecule has 0 rings (SSSR count). The minimum atomic E-state index is -0.828. The van der Waals surface area contributed by atoms with E-state index in [4.69, 9.17) is 14.2 Å². The fourth-order valence-electron chi connectivity index (χ4n) is 6.40. The highest BCUT2D eigenvalue weighted by Gasteiger charge is 2.19. The zero-order valence-corrected chi connectivity index (χ0v) is 39.8. The van der Waals surface area contributed by atoms with Crippen molar-refractivity contribution in [3.8, 4) is 0 Å². The summed E-state index contributed by atoms with van der Waals surface area (Å²) in [5.41, 5.74) is 0. The smallest absolute Gasteiger partial charge is 0.306 e. The molecule has 6 heteroatoms. The molecule has 6 nitrogen and oxygen atoms in total. The van der Waals surface area contributed by atoms with Gasteiger partial charge in [0.15, 0.2) is 6.10 Å². The predicted molar refractivity (Wildman–Crippen MR) is 265 cm³/mol. The van der Waals surface area contributed by atoms with E-state index < -0.39 is 6.10 Å². The molecule has 1 unspecified atom stereocenters. The Bertz CT molecular complexity index is 1310. The number of esters is 3. The molecule has 0 aromatic carbocycles. The zero-order chi connectivity index (χ0) is 45.1. The lowest BCUT2D eigenvalue weighted by Crippen LogP contribution is -2.30. The van der Waals surface area contributed by atoms with Crippen molar-refractivity contribution in [1.29, 1.82) is 0 Å². The van der Waals surface area contributed by atoms with Crippen LogP contribution >= 0.6 is 0 Å². The van der Waals surface area contributed by atoms with Gasteiger partial charge < -0.3 is 14.2 Å². The molecule has 0 heterocycles. The maximum Gasteiger partial charge on any atom is 0.306 e. The number of carbonyl (C=O) groups excluding carboxylic acids is 3. The molecule has 0 N–H and O–H groups in total. The molecule has 0 spiro atoms. The van der Waals surface area contributed by atoms with Crippen molar-refractivity contribution in [2.75, 3.05) is 13.2 Å². The average molecular weight is 859 g/mol. The third-order valence-corrected chi connectivity index (χ3v) is 10.1. The molecule has 0 aliphatic heterocycles. The lowest BCUT2D eigenvalue weighted by atomic mass is 10.0. The normalized spacial score (nSPS) is 13.0. The molecule has 0 aliphatic rings. The summed E-state index contributed by atoms with van der Waals surface area (Å²) in [7, 11) is 0. The second-order valence-electron chi connectivity index (χ2n) is 16.1. The van der Waals surface area contributed by atoms with Crippen LogP contribution in [0.15, 0.2) is 109 Å². The number of hydrogen-bond donors (Lipinski definition) is 0. The van der Waals surface area contributed by atoms with Crippen molar-refractivity contribution >= 4 is 17.9 Å². The van der Waals surface area contributed by atoms with Gasteiger partial charge in [0.2, 0.25) is 0 Å². The molecule has 0 radical (unpaired) electrons. The Morgan fingerprint density at radius 2 is 0.710 bits per heavy atom. The summed E-state index contributed by atoms with van der Waals surface area (Å²) in [4.78, 5) is 37.9. The average Bonchev–Trinajstić information content (AvgIpc) is 3.27. The van der Waals surface area contributed by atoms with Crippen molar-refractivity contribution in [1.82, 2.24) is 0 Å². The SMILES string of the molecule is CC\C=C/C=C\C=C/C=C\C=C/CCCC(=O)OCC(COC(=O)CCC/C=C\C/C=C\C/C=C\C/C=C\CCCCC)OC(=O)CCCCCCCCCCCCCCCC. The second-order valence-corrected chi connectivity index (χ2v) is 16.1. The summed E-state index contributed by atoms with van der Waals surface area (Å²) in [6, 6.07) is 0. The summed E-state index contributed by atoms with van der Waals surface area (Å²) in [5, 5.41) is 0. The number of allylic oxidation sites excluding steroid dienone is 18. The van der Waals surface area contributed by atoms with Crippen LogP contribution < -0.4 is 0 Å². The largest absolute Gasteiger partial charge is 0.462 e. The van der Waals surface area contributed by atoms with Crippen molar-refractivity contribution in [2.45, 2.75) is 213 Å². The van der Waals surface area contributed by atoms with Crippen LogP contribution in [0.4, 0.5) is 0 Å². The molecule has 1 atom stereocenters.